The van der Waals surface area contributed by atoms with Crippen LogP contribution in [0.2, 0.25) is 0 Å². The van der Waals surface area contributed by atoms with E-state index in [0.717, 1.165) is 15.3 Å². The highest BCUT2D eigenvalue weighted by atomic mass is 32.2. The maximum Gasteiger partial charge on any atom is 0.241 e. The second kappa shape index (κ2) is 6.05. The molecule has 6 heteroatoms. The van der Waals surface area contributed by atoms with Crippen LogP contribution in [0.25, 0.3) is 0 Å². The lowest BCUT2D eigenvalue weighted by Gasteiger charge is -2.13. The van der Waals surface area contributed by atoms with Gasteiger partial charge in [-0.05, 0) is 25.5 Å². The summed E-state index contributed by atoms with van der Waals surface area (Å²) in [4.78, 5) is 2.12. The lowest BCUT2D eigenvalue weighted by Crippen LogP contribution is -2.32. The Labute approximate surface area is 123 Å². The van der Waals surface area contributed by atoms with Gasteiger partial charge in [0.05, 0.1) is 4.90 Å². The minimum Gasteiger partial charge on any atom is -0.323 e. The van der Waals surface area contributed by atoms with Gasteiger partial charge >= 0.3 is 0 Å². The number of nitrogens with one attached hydrogen (secondary N) is 1. The molecule has 0 bridgehead atoms. The zero-order valence-electron chi connectivity index (χ0n) is 11.5. The van der Waals surface area contributed by atoms with E-state index in [0.29, 0.717) is 4.90 Å². The Hall–Kier alpha value is -1.21. The zero-order valence-corrected chi connectivity index (χ0v) is 13.1. The van der Waals surface area contributed by atoms with Gasteiger partial charge in [0, 0.05) is 22.3 Å². The van der Waals surface area contributed by atoms with E-state index in [1.807, 2.05) is 44.2 Å². The first-order chi connectivity index (χ1) is 9.40. The van der Waals surface area contributed by atoms with Crippen LogP contribution in [0.5, 0.6) is 0 Å². The number of hydrogen-bond donors (Lipinski definition) is 2. The molecule has 0 aliphatic rings. The standard InChI is InChI=1S/C14H18N2O2S2/c1-10-8-14(11(2)19-10)20(17,18)16-9-13(15)12-6-4-3-5-7-12/h3-8,13,16H,9,15H2,1-2H3. The summed E-state index contributed by atoms with van der Waals surface area (Å²) in [5.74, 6) is 0. The van der Waals surface area contributed by atoms with Crippen molar-refractivity contribution in [2.75, 3.05) is 6.54 Å². The summed E-state index contributed by atoms with van der Waals surface area (Å²) in [6.07, 6.45) is 0. The van der Waals surface area contributed by atoms with Gasteiger partial charge in [0.15, 0.2) is 0 Å². The van der Waals surface area contributed by atoms with E-state index < -0.39 is 10.0 Å². The van der Waals surface area contributed by atoms with Crippen LogP contribution in [0.4, 0.5) is 0 Å². The molecule has 1 aromatic heterocycles. The van der Waals surface area contributed by atoms with E-state index >= 15 is 0 Å². The fourth-order valence-electron chi connectivity index (χ4n) is 1.97. The van der Waals surface area contributed by atoms with Gasteiger partial charge in [-0.1, -0.05) is 30.3 Å². The van der Waals surface area contributed by atoms with Gasteiger partial charge in [-0.3, -0.25) is 0 Å². The average Bonchev–Trinajstić information content (AvgIpc) is 2.77. The van der Waals surface area contributed by atoms with Crippen LogP contribution in [0.3, 0.4) is 0 Å². The molecule has 0 fully saturated rings. The Morgan fingerprint density at radius 1 is 1.25 bits per heavy atom. The Morgan fingerprint density at radius 2 is 1.90 bits per heavy atom. The fraction of sp³-hybridized carbons (Fsp3) is 0.286. The van der Waals surface area contributed by atoms with Crippen LogP contribution < -0.4 is 10.5 Å². The Bertz CT molecular complexity index is 678. The van der Waals surface area contributed by atoms with Crippen molar-refractivity contribution in [2.45, 2.75) is 24.8 Å². The van der Waals surface area contributed by atoms with Crippen molar-refractivity contribution >= 4 is 21.4 Å². The summed E-state index contributed by atoms with van der Waals surface area (Å²) in [6, 6.07) is 10.8. The van der Waals surface area contributed by atoms with Gasteiger partial charge in [-0.15, -0.1) is 11.3 Å². The number of thiophene rings is 1. The lowest BCUT2D eigenvalue weighted by atomic mass is 10.1. The van der Waals surface area contributed by atoms with Crippen LogP contribution in [0, 0.1) is 13.8 Å². The van der Waals surface area contributed by atoms with Crippen molar-refractivity contribution in [3.8, 4) is 0 Å². The number of rotatable bonds is 5. The second-order valence-corrected chi connectivity index (χ2v) is 7.84. The summed E-state index contributed by atoms with van der Waals surface area (Å²) in [5, 5.41) is 0. The van der Waals surface area contributed by atoms with Crippen LogP contribution >= 0.6 is 11.3 Å². The Kier molecular flexibility index (Phi) is 4.59. The van der Waals surface area contributed by atoms with Crippen molar-refractivity contribution in [1.82, 2.24) is 4.72 Å². The molecule has 2 aromatic rings. The average molecular weight is 310 g/mol. The molecule has 108 valence electrons. The normalized spacial score (nSPS) is 13.3. The highest BCUT2D eigenvalue weighted by Gasteiger charge is 2.20. The third-order valence-corrected chi connectivity index (χ3v) is 5.65. The SMILES string of the molecule is Cc1cc(S(=O)(=O)NCC(N)c2ccccc2)c(C)s1. The van der Waals surface area contributed by atoms with Gasteiger partial charge in [0.2, 0.25) is 10.0 Å². The molecular formula is C14H18N2O2S2. The molecule has 0 saturated heterocycles. The molecule has 0 spiro atoms. The largest absolute Gasteiger partial charge is 0.323 e. The molecule has 1 aromatic carbocycles. The minimum atomic E-state index is -3.49. The predicted octanol–water partition coefficient (Wildman–Crippen LogP) is 2.34. The van der Waals surface area contributed by atoms with Gasteiger partial charge in [0.25, 0.3) is 0 Å². The number of nitrogens with two attached hydrogens (primary N) is 1. The minimum absolute atomic E-state index is 0.181. The second-order valence-electron chi connectivity index (χ2n) is 4.65. The monoisotopic (exact) mass is 310 g/mol. The molecule has 4 nitrogen and oxygen atoms in total. The molecule has 0 saturated carbocycles. The predicted molar refractivity (Wildman–Crippen MR) is 82.4 cm³/mol. The van der Waals surface area contributed by atoms with Crippen molar-refractivity contribution in [3.63, 3.8) is 0 Å². The highest BCUT2D eigenvalue weighted by Crippen LogP contribution is 2.24. The van der Waals surface area contributed by atoms with Crippen LogP contribution in [0.15, 0.2) is 41.3 Å². The van der Waals surface area contributed by atoms with E-state index in [1.54, 1.807) is 6.07 Å². The van der Waals surface area contributed by atoms with Gasteiger partial charge in [-0.2, -0.15) is 0 Å². The molecule has 2 rings (SSSR count). The van der Waals surface area contributed by atoms with E-state index in [9.17, 15) is 8.42 Å². The topological polar surface area (TPSA) is 72.2 Å². The van der Waals surface area contributed by atoms with Crippen LogP contribution in [-0.4, -0.2) is 15.0 Å². The maximum atomic E-state index is 12.2. The third kappa shape index (κ3) is 3.46. The molecular weight excluding hydrogens is 292 g/mol. The van der Waals surface area contributed by atoms with Crippen molar-refractivity contribution in [2.24, 2.45) is 5.73 Å². The number of hydrogen-bond acceptors (Lipinski definition) is 4. The summed E-state index contributed by atoms with van der Waals surface area (Å²) in [5.41, 5.74) is 6.91. The maximum absolute atomic E-state index is 12.2. The molecule has 0 aliphatic carbocycles. The van der Waals surface area contributed by atoms with Gasteiger partial charge in [0.1, 0.15) is 0 Å². The molecule has 0 aliphatic heterocycles. The summed E-state index contributed by atoms with van der Waals surface area (Å²) >= 11 is 1.48. The van der Waals surface area contributed by atoms with Crippen LogP contribution in [0.1, 0.15) is 21.4 Å². The van der Waals surface area contributed by atoms with E-state index in [4.69, 9.17) is 5.73 Å². The summed E-state index contributed by atoms with van der Waals surface area (Å²) < 4.78 is 27.1. The van der Waals surface area contributed by atoms with E-state index in [-0.39, 0.29) is 12.6 Å². The first kappa shape index (κ1) is 15.2. The molecule has 20 heavy (non-hydrogen) atoms. The Balaban J connectivity index is 2.08. The first-order valence-electron chi connectivity index (χ1n) is 6.27. The van der Waals surface area contributed by atoms with Crippen LogP contribution in [-0.2, 0) is 10.0 Å². The lowest BCUT2D eigenvalue weighted by molar-refractivity contribution is 0.572. The fourth-order valence-corrected chi connectivity index (χ4v) is 4.58. The highest BCUT2D eigenvalue weighted by molar-refractivity contribution is 7.89. The van der Waals surface area contributed by atoms with Gasteiger partial charge in [-0.25, -0.2) is 13.1 Å². The molecule has 3 N–H and O–H groups in total. The molecule has 1 unspecified atom stereocenters. The quantitative estimate of drug-likeness (QED) is 0.890. The number of benzene rings is 1. The molecule has 0 amide bonds. The summed E-state index contributed by atoms with van der Waals surface area (Å²) in [7, 11) is -3.49. The first-order valence-corrected chi connectivity index (χ1v) is 8.57. The van der Waals surface area contributed by atoms with Crippen molar-refractivity contribution in [1.29, 1.82) is 0 Å². The van der Waals surface area contributed by atoms with E-state index in [1.165, 1.54) is 11.3 Å². The van der Waals surface area contributed by atoms with Crippen molar-refractivity contribution < 1.29 is 8.42 Å². The third-order valence-electron chi connectivity index (χ3n) is 3.01. The number of aryl methyl sites for hydroxylation is 2. The van der Waals surface area contributed by atoms with Gasteiger partial charge < -0.3 is 5.73 Å². The van der Waals surface area contributed by atoms with Crippen molar-refractivity contribution in [3.05, 3.63) is 51.7 Å². The number of sulfonamides is 1. The molecule has 0 radical (unpaired) electrons. The molecule has 1 heterocycles. The smallest absolute Gasteiger partial charge is 0.241 e. The Morgan fingerprint density at radius 3 is 2.45 bits per heavy atom. The van der Waals surface area contributed by atoms with E-state index in [2.05, 4.69) is 4.72 Å². The summed E-state index contributed by atoms with van der Waals surface area (Å²) in [6.45, 7) is 3.89. The molecule has 1 atom stereocenters. The zero-order chi connectivity index (χ0) is 14.8.